The average molecular weight is 432 g/mol. The molecule has 0 saturated heterocycles. The van der Waals surface area contributed by atoms with Crippen molar-refractivity contribution >= 4 is 21.8 Å². The number of ether oxygens (including phenoxy) is 2. The minimum Gasteiger partial charge on any atom is -0.478 e. The molecule has 0 spiro atoms. The number of nitrogens with zero attached hydrogens (tertiary/aromatic N) is 3. The van der Waals surface area contributed by atoms with E-state index in [1.807, 2.05) is 0 Å². The predicted molar refractivity (Wildman–Crippen MR) is 94.6 cm³/mol. The number of carbonyl (C=O) groups excluding carboxylic acids is 1. The van der Waals surface area contributed by atoms with Crippen LogP contribution in [0.15, 0.2) is 40.4 Å². The van der Waals surface area contributed by atoms with E-state index in [1.165, 1.54) is 6.07 Å². The number of pyridine rings is 1. The van der Waals surface area contributed by atoms with Crippen molar-refractivity contribution in [1.29, 1.82) is 0 Å². The Hall–Kier alpha value is -3.16. The summed E-state index contributed by atoms with van der Waals surface area (Å²) in [6.45, 7) is -1.13. The van der Waals surface area contributed by atoms with Crippen molar-refractivity contribution in [3.63, 3.8) is 0 Å². The van der Waals surface area contributed by atoms with Crippen LogP contribution in [0.3, 0.4) is 0 Å². The van der Waals surface area contributed by atoms with Gasteiger partial charge in [-0.15, -0.1) is 10.3 Å². The third-order valence-electron chi connectivity index (χ3n) is 3.65. The van der Waals surface area contributed by atoms with Crippen LogP contribution in [0, 0.1) is 5.92 Å². The topological polar surface area (TPSA) is 134 Å². The quantitative estimate of drug-likeness (QED) is 0.555. The summed E-state index contributed by atoms with van der Waals surface area (Å²) in [7, 11) is -4.61. The van der Waals surface area contributed by atoms with Gasteiger partial charge in [0.2, 0.25) is 10.9 Å². The van der Waals surface area contributed by atoms with Gasteiger partial charge in [0.25, 0.3) is 10.0 Å². The highest BCUT2D eigenvalue weighted by Crippen LogP contribution is 2.32. The maximum atomic E-state index is 12.5. The van der Waals surface area contributed by atoms with Gasteiger partial charge in [-0.1, -0.05) is 0 Å². The maximum Gasteiger partial charge on any atom is 0.387 e. The highest BCUT2D eigenvalue weighted by molar-refractivity contribution is 7.90. The molecule has 2 heterocycles. The Labute approximate surface area is 164 Å². The Morgan fingerprint density at radius 1 is 1.45 bits per heavy atom. The molecule has 14 heteroatoms. The number of alkyl halides is 2. The van der Waals surface area contributed by atoms with Crippen LogP contribution in [0.2, 0.25) is 0 Å². The first-order chi connectivity index (χ1) is 13.8. The van der Waals surface area contributed by atoms with Crippen molar-refractivity contribution in [1.82, 2.24) is 25.8 Å². The van der Waals surface area contributed by atoms with E-state index < -0.39 is 33.4 Å². The molecule has 29 heavy (non-hydrogen) atoms. The van der Waals surface area contributed by atoms with Crippen LogP contribution < -0.4 is 20.3 Å². The van der Waals surface area contributed by atoms with Gasteiger partial charge < -0.3 is 9.47 Å². The van der Waals surface area contributed by atoms with Gasteiger partial charge in [0.1, 0.15) is 0 Å². The van der Waals surface area contributed by atoms with E-state index in [-0.39, 0.29) is 5.92 Å². The lowest BCUT2D eigenvalue weighted by Gasteiger charge is -2.26. The molecule has 0 radical (unpaired) electrons. The third-order valence-corrected chi connectivity index (χ3v) is 4.92. The van der Waals surface area contributed by atoms with Crippen molar-refractivity contribution in [3.05, 3.63) is 30.3 Å². The van der Waals surface area contributed by atoms with Crippen molar-refractivity contribution < 1.29 is 31.5 Å². The van der Waals surface area contributed by atoms with Gasteiger partial charge in [0.15, 0.2) is 5.75 Å². The van der Waals surface area contributed by atoms with Crippen LogP contribution in [0.25, 0.3) is 0 Å². The summed E-state index contributed by atoms with van der Waals surface area (Å²) in [5.74, 6) is -0.148. The molecule has 2 aliphatic rings. The fourth-order valence-corrected chi connectivity index (χ4v) is 3.32. The van der Waals surface area contributed by atoms with Crippen molar-refractivity contribution in [2.24, 2.45) is 11.0 Å². The Kier molecular flexibility index (Phi) is 6.00. The summed E-state index contributed by atoms with van der Waals surface area (Å²) in [6, 6.07) is 0.996. The largest absolute Gasteiger partial charge is 0.478 e. The Bertz CT molecular complexity index is 935. The first kappa shape index (κ1) is 20.6. The predicted octanol–water partition coefficient (Wildman–Crippen LogP) is 1.05. The molecular formula is C15H18F2N6O5S. The van der Waals surface area contributed by atoms with Crippen molar-refractivity contribution in [2.75, 3.05) is 6.61 Å². The van der Waals surface area contributed by atoms with E-state index in [4.69, 9.17) is 4.74 Å². The molecule has 1 saturated carbocycles. The number of sulfonamides is 1. The summed E-state index contributed by atoms with van der Waals surface area (Å²) in [5, 5.41) is 4.19. The van der Waals surface area contributed by atoms with E-state index in [0.717, 1.165) is 30.3 Å². The standard InChI is InChI=1S/C15H18F2N6O5S/c1-2-27-12-8-10(9-5-6-9)19-23(20-12)21-15(24)22-29(25,26)13-11(28-14(16)17)4-3-7-18-13/h3-4,7-9,14,20H,2,5-6H2,1H3,(H2,21,22,24). The zero-order valence-corrected chi connectivity index (χ0v) is 15.9. The van der Waals surface area contributed by atoms with Gasteiger partial charge in [-0.25, -0.2) is 25.4 Å². The molecular weight excluding hydrogens is 414 g/mol. The summed E-state index contributed by atoms with van der Waals surface area (Å²) >= 11 is 0. The van der Waals surface area contributed by atoms with Gasteiger partial charge in [-0.3, -0.25) is 0 Å². The number of rotatable bonds is 8. The molecule has 1 fully saturated rings. The number of carbonyl (C=O) groups is 1. The van der Waals surface area contributed by atoms with E-state index in [9.17, 15) is 22.0 Å². The molecule has 3 N–H and O–H groups in total. The van der Waals surface area contributed by atoms with Gasteiger partial charge in [-0.2, -0.15) is 17.2 Å². The second-order valence-electron chi connectivity index (χ2n) is 5.90. The third kappa shape index (κ3) is 5.43. The molecule has 0 unspecified atom stereocenters. The fraction of sp³-hybridized carbons (Fsp3) is 0.400. The second kappa shape index (κ2) is 8.46. The molecule has 3 rings (SSSR count). The lowest BCUT2D eigenvalue weighted by Crippen LogP contribution is -2.53. The van der Waals surface area contributed by atoms with Crippen LogP contribution in [0.4, 0.5) is 13.6 Å². The first-order valence-electron chi connectivity index (χ1n) is 8.51. The van der Waals surface area contributed by atoms with Crippen LogP contribution >= 0.6 is 0 Å². The number of hydrogen-bond donors (Lipinski definition) is 3. The zero-order valence-electron chi connectivity index (χ0n) is 15.1. The SMILES string of the molecule is CCOC1=CC(C2CC2)=NN(NC(=O)NS(=O)(=O)c2ncccc2OC(F)F)N1. The van der Waals surface area contributed by atoms with Gasteiger partial charge >= 0.3 is 12.6 Å². The zero-order chi connectivity index (χ0) is 21.0. The highest BCUT2D eigenvalue weighted by atomic mass is 32.2. The van der Waals surface area contributed by atoms with Gasteiger partial charge in [-0.05, 0) is 31.9 Å². The van der Waals surface area contributed by atoms with Crippen LogP contribution in [-0.2, 0) is 14.8 Å². The van der Waals surface area contributed by atoms with Gasteiger partial charge in [0.05, 0.1) is 12.3 Å². The smallest absolute Gasteiger partial charge is 0.387 e. The minimum absolute atomic E-state index is 0.228. The first-order valence-corrected chi connectivity index (χ1v) is 10.00. The fourth-order valence-electron chi connectivity index (χ4n) is 2.35. The van der Waals surface area contributed by atoms with Crippen LogP contribution in [0.5, 0.6) is 5.75 Å². The number of urea groups is 1. The summed E-state index contributed by atoms with van der Waals surface area (Å²) in [4.78, 5) is 15.7. The van der Waals surface area contributed by atoms with Crippen molar-refractivity contribution in [2.45, 2.75) is 31.4 Å². The van der Waals surface area contributed by atoms with E-state index in [0.29, 0.717) is 18.2 Å². The second-order valence-corrected chi connectivity index (χ2v) is 7.49. The van der Waals surface area contributed by atoms with E-state index >= 15 is 0 Å². The monoisotopic (exact) mass is 432 g/mol. The Morgan fingerprint density at radius 3 is 2.86 bits per heavy atom. The molecule has 0 bridgehead atoms. The lowest BCUT2D eigenvalue weighted by atomic mass is 10.2. The summed E-state index contributed by atoms with van der Waals surface area (Å²) < 4.78 is 60.8. The van der Waals surface area contributed by atoms with E-state index in [1.54, 1.807) is 17.7 Å². The lowest BCUT2D eigenvalue weighted by molar-refractivity contribution is -0.0521. The molecule has 1 aromatic rings. The molecule has 0 aromatic carbocycles. The van der Waals surface area contributed by atoms with E-state index in [2.05, 4.69) is 25.7 Å². The molecule has 1 aromatic heterocycles. The Morgan fingerprint density at radius 2 is 2.21 bits per heavy atom. The molecule has 2 amide bonds. The number of aromatic nitrogens is 1. The van der Waals surface area contributed by atoms with Crippen LogP contribution in [-0.4, -0.2) is 43.6 Å². The van der Waals surface area contributed by atoms with Gasteiger partial charge in [0, 0.05) is 18.2 Å². The number of halogens is 2. The number of amides is 2. The Balaban J connectivity index is 1.69. The number of nitrogens with one attached hydrogen (secondary N) is 3. The number of hydrazine groups is 2. The molecule has 0 atom stereocenters. The number of hydrazone groups is 1. The minimum atomic E-state index is -4.61. The highest BCUT2D eigenvalue weighted by Gasteiger charge is 2.31. The average Bonchev–Trinajstić information content (AvgIpc) is 3.46. The molecule has 11 nitrogen and oxygen atoms in total. The number of allylic oxidation sites excluding steroid dienone is 1. The van der Waals surface area contributed by atoms with Crippen LogP contribution in [0.1, 0.15) is 19.8 Å². The van der Waals surface area contributed by atoms with Crippen molar-refractivity contribution in [3.8, 4) is 5.75 Å². The summed E-state index contributed by atoms with van der Waals surface area (Å²) in [5.41, 5.74) is 5.47. The normalized spacial score (nSPS) is 16.5. The summed E-state index contributed by atoms with van der Waals surface area (Å²) in [6.07, 6.45) is 4.63. The number of hydrogen-bond acceptors (Lipinski definition) is 9. The molecule has 158 valence electrons. The molecule has 1 aliphatic carbocycles. The molecule has 1 aliphatic heterocycles. The maximum absolute atomic E-state index is 12.5.